The van der Waals surface area contributed by atoms with E-state index < -0.39 is 0 Å². The molecule has 102 valence electrons. The summed E-state index contributed by atoms with van der Waals surface area (Å²) < 4.78 is 7.41. The number of imidazole rings is 1. The zero-order chi connectivity index (χ0) is 13.8. The maximum absolute atomic E-state index is 5.40. The second-order valence-electron chi connectivity index (χ2n) is 4.60. The second kappa shape index (κ2) is 5.84. The van der Waals surface area contributed by atoms with Crippen LogP contribution in [0.4, 0.5) is 0 Å². The molecule has 0 saturated carbocycles. The summed E-state index contributed by atoms with van der Waals surface area (Å²) in [6, 6.07) is 0. The molecule has 1 N–H and O–H groups in total. The zero-order valence-corrected chi connectivity index (χ0v) is 11.9. The standard InChI is InChI=1S/C14H20N4O/c1-10-7-17-12(11(2)14(10)19-4)8-15-9-13-16-5-6-18(13)3/h5-7,15H,8-9H2,1-4H3. The van der Waals surface area contributed by atoms with Gasteiger partial charge in [-0.1, -0.05) is 0 Å². The molecule has 19 heavy (non-hydrogen) atoms. The molecule has 0 unspecified atom stereocenters. The number of nitrogens with one attached hydrogen (secondary N) is 1. The minimum atomic E-state index is 0.704. The lowest BCUT2D eigenvalue weighted by Crippen LogP contribution is -2.17. The van der Waals surface area contributed by atoms with Gasteiger partial charge in [0.1, 0.15) is 11.6 Å². The molecule has 0 aliphatic heterocycles. The summed E-state index contributed by atoms with van der Waals surface area (Å²) in [5.74, 6) is 1.93. The lowest BCUT2D eigenvalue weighted by molar-refractivity contribution is 0.406. The van der Waals surface area contributed by atoms with Crippen LogP contribution in [0.2, 0.25) is 0 Å². The van der Waals surface area contributed by atoms with Crippen molar-refractivity contribution in [2.45, 2.75) is 26.9 Å². The Labute approximate surface area is 113 Å². The van der Waals surface area contributed by atoms with Gasteiger partial charge in [-0.25, -0.2) is 4.98 Å². The topological polar surface area (TPSA) is 52.0 Å². The number of ether oxygens (including phenoxy) is 1. The fourth-order valence-corrected chi connectivity index (χ4v) is 2.11. The Morgan fingerprint density at radius 2 is 2.05 bits per heavy atom. The fourth-order valence-electron chi connectivity index (χ4n) is 2.11. The van der Waals surface area contributed by atoms with Gasteiger partial charge in [-0.15, -0.1) is 0 Å². The van der Waals surface area contributed by atoms with Crippen molar-refractivity contribution < 1.29 is 4.74 Å². The summed E-state index contributed by atoms with van der Waals surface area (Å²) >= 11 is 0. The van der Waals surface area contributed by atoms with E-state index in [0.717, 1.165) is 34.9 Å². The van der Waals surface area contributed by atoms with Gasteiger partial charge in [0.15, 0.2) is 0 Å². The highest BCUT2D eigenvalue weighted by molar-refractivity contribution is 5.40. The molecule has 0 aliphatic rings. The Hall–Kier alpha value is -1.88. The molecule has 5 heteroatoms. The molecule has 0 fully saturated rings. The van der Waals surface area contributed by atoms with Crippen LogP contribution in [0.3, 0.4) is 0 Å². The van der Waals surface area contributed by atoms with Gasteiger partial charge in [0.05, 0.1) is 19.3 Å². The van der Waals surface area contributed by atoms with Crippen LogP contribution in [0.1, 0.15) is 22.6 Å². The number of methoxy groups -OCH3 is 1. The number of nitrogens with zero attached hydrogens (tertiary/aromatic N) is 3. The maximum atomic E-state index is 5.40. The predicted octanol–water partition coefficient (Wildman–Crippen LogP) is 1.73. The molecule has 5 nitrogen and oxygen atoms in total. The number of hydrogen-bond acceptors (Lipinski definition) is 4. The SMILES string of the molecule is COc1c(C)cnc(CNCc2nccn2C)c1C. The van der Waals surface area contributed by atoms with E-state index >= 15 is 0 Å². The van der Waals surface area contributed by atoms with Crippen molar-refractivity contribution in [3.8, 4) is 5.75 Å². The molecule has 2 aromatic heterocycles. The van der Waals surface area contributed by atoms with Crippen LogP contribution in [0.25, 0.3) is 0 Å². The highest BCUT2D eigenvalue weighted by atomic mass is 16.5. The van der Waals surface area contributed by atoms with Crippen molar-refractivity contribution in [2.75, 3.05) is 7.11 Å². The number of aryl methyl sites for hydroxylation is 2. The summed E-state index contributed by atoms with van der Waals surface area (Å²) in [6.07, 6.45) is 5.59. The molecular formula is C14H20N4O. The highest BCUT2D eigenvalue weighted by Crippen LogP contribution is 2.23. The molecule has 0 atom stereocenters. The number of pyridine rings is 1. The molecule has 0 radical (unpaired) electrons. The Morgan fingerprint density at radius 1 is 1.26 bits per heavy atom. The van der Waals surface area contributed by atoms with Crippen molar-refractivity contribution in [3.63, 3.8) is 0 Å². The molecule has 0 saturated heterocycles. The molecule has 0 bridgehead atoms. The van der Waals surface area contributed by atoms with E-state index in [2.05, 4.69) is 15.3 Å². The number of rotatable bonds is 5. The summed E-state index contributed by atoms with van der Waals surface area (Å²) in [4.78, 5) is 8.73. The van der Waals surface area contributed by atoms with Crippen molar-refractivity contribution in [2.24, 2.45) is 7.05 Å². The van der Waals surface area contributed by atoms with Gasteiger partial charge < -0.3 is 14.6 Å². The first-order valence-corrected chi connectivity index (χ1v) is 6.29. The Kier molecular flexibility index (Phi) is 4.16. The van der Waals surface area contributed by atoms with Crippen molar-refractivity contribution in [3.05, 3.63) is 41.2 Å². The molecule has 0 amide bonds. The lowest BCUT2D eigenvalue weighted by atomic mass is 10.1. The van der Waals surface area contributed by atoms with E-state index in [1.165, 1.54) is 0 Å². The molecule has 0 aliphatic carbocycles. The maximum Gasteiger partial charge on any atom is 0.128 e. The number of hydrogen-bond donors (Lipinski definition) is 1. The van der Waals surface area contributed by atoms with Gasteiger partial charge in [0, 0.05) is 43.3 Å². The van der Waals surface area contributed by atoms with Crippen molar-refractivity contribution in [1.29, 1.82) is 0 Å². The van der Waals surface area contributed by atoms with Gasteiger partial charge in [-0.2, -0.15) is 0 Å². The van der Waals surface area contributed by atoms with Gasteiger partial charge in [-0.3, -0.25) is 4.98 Å². The van der Waals surface area contributed by atoms with Gasteiger partial charge >= 0.3 is 0 Å². The monoisotopic (exact) mass is 260 g/mol. The summed E-state index contributed by atoms with van der Waals surface area (Å²) in [5, 5.41) is 3.36. The van der Waals surface area contributed by atoms with E-state index in [1.54, 1.807) is 13.3 Å². The fraction of sp³-hybridized carbons (Fsp3) is 0.429. The number of aromatic nitrogens is 3. The molecule has 0 spiro atoms. The van der Waals surface area contributed by atoms with E-state index in [4.69, 9.17) is 4.74 Å². The molecule has 2 aromatic rings. The van der Waals surface area contributed by atoms with E-state index in [0.29, 0.717) is 6.54 Å². The third-order valence-corrected chi connectivity index (χ3v) is 3.25. The second-order valence-corrected chi connectivity index (χ2v) is 4.60. The van der Waals surface area contributed by atoms with Crippen LogP contribution in [-0.2, 0) is 20.1 Å². The smallest absolute Gasteiger partial charge is 0.128 e. The first kappa shape index (κ1) is 13.5. The van der Waals surface area contributed by atoms with Crippen LogP contribution in [-0.4, -0.2) is 21.6 Å². The van der Waals surface area contributed by atoms with Gasteiger partial charge in [0.2, 0.25) is 0 Å². The van der Waals surface area contributed by atoms with Gasteiger partial charge in [0.25, 0.3) is 0 Å². The van der Waals surface area contributed by atoms with E-state index in [1.807, 2.05) is 37.9 Å². The Balaban J connectivity index is 2.02. The van der Waals surface area contributed by atoms with Crippen LogP contribution >= 0.6 is 0 Å². The Bertz CT molecular complexity index is 563. The highest BCUT2D eigenvalue weighted by Gasteiger charge is 2.09. The predicted molar refractivity (Wildman–Crippen MR) is 74.0 cm³/mol. The largest absolute Gasteiger partial charge is 0.496 e. The summed E-state index contributed by atoms with van der Waals surface area (Å²) in [6.45, 7) is 5.47. The van der Waals surface area contributed by atoms with Crippen LogP contribution in [0.15, 0.2) is 18.6 Å². The first-order chi connectivity index (χ1) is 9.13. The molecule has 0 aromatic carbocycles. The Morgan fingerprint density at radius 3 is 2.68 bits per heavy atom. The zero-order valence-electron chi connectivity index (χ0n) is 11.9. The minimum absolute atomic E-state index is 0.704. The van der Waals surface area contributed by atoms with Crippen LogP contribution in [0.5, 0.6) is 5.75 Å². The van der Waals surface area contributed by atoms with Crippen molar-refractivity contribution in [1.82, 2.24) is 19.9 Å². The van der Waals surface area contributed by atoms with E-state index in [-0.39, 0.29) is 0 Å². The van der Waals surface area contributed by atoms with Crippen molar-refractivity contribution >= 4 is 0 Å². The summed E-state index contributed by atoms with van der Waals surface area (Å²) in [7, 11) is 3.68. The summed E-state index contributed by atoms with van der Waals surface area (Å²) in [5.41, 5.74) is 3.17. The lowest BCUT2D eigenvalue weighted by Gasteiger charge is -2.12. The van der Waals surface area contributed by atoms with Gasteiger partial charge in [-0.05, 0) is 13.8 Å². The third kappa shape index (κ3) is 2.93. The minimum Gasteiger partial charge on any atom is -0.496 e. The quantitative estimate of drug-likeness (QED) is 0.889. The average molecular weight is 260 g/mol. The normalized spacial score (nSPS) is 10.7. The van der Waals surface area contributed by atoms with Crippen LogP contribution < -0.4 is 10.1 Å². The molecular weight excluding hydrogens is 240 g/mol. The molecule has 2 heterocycles. The molecule has 2 rings (SSSR count). The van der Waals surface area contributed by atoms with E-state index in [9.17, 15) is 0 Å². The average Bonchev–Trinajstić information content (AvgIpc) is 2.79. The third-order valence-electron chi connectivity index (χ3n) is 3.25. The first-order valence-electron chi connectivity index (χ1n) is 6.29. The van der Waals surface area contributed by atoms with Crippen LogP contribution in [0, 0.1) is 13.8 Å².